The highest BCUT2D eigenvalue weighted by atomic mass is 16.5. The normalized spacial score (nSPS) is 14.7. The predicted molar refractivity (Wildman–Crippen MR) is 91.9 cm³/mol. The molecule has 0 aliphatic rings. The summed E-state index contributed by atoms with van der Waals surface area (Å²) in [7, 11) is 1.63. The van der Waals surface area contributed by atoms with Gasteiger partial charge in [-0.3, -0.25) is 4.79 Å². The molecule has 0 saturated carbocycles. The van der Waals surface area contributed by atoms with E-state index in [2.05, 4.69) is 5.32 Å². The molecule has 5 nitrogen and oxygen atoms in total. The minimum absolute atomic E-state index is 0.0375. The third-order valence-electron chi connectivity index (χ3n) is 4.01. The third kappa shape index (κ3) is 5.13. The summed E-state index contributed by atoms with van der Waals surface area (Å²) in [5.41, 5.74) is 1.06. The van der Waals surface area contributed by atoms with Gasteiger partial charge in [0, 0.05) is 18.9 Å². The van der Waals surface area contributed by atoms with E-state index >= 15 is 0 Å². The van der Waals surface area contributed by atoms with Crippen LogP contribution in [0.5, 0.6) is 5.75 Å². The monoisotopic (exact) mass is 331 g/mol. The maximum atomic E-state index is 12.2. The zero-order valence-electron chi connectivity index (χ0n) is 14.4. The van der Waals surface area contributed by atoms with E-state index in [4.69, 9.17) is 9.15 Å². The van der Waals surface area contributed by atoms with E-state index in [9.17, 15) is 9.90 Å². The van der Waals surface area contributed by atoms with Crippen molar-refractivity contribution in [1.29, 1.82) is 0 Å². The van der Waals surface area contributed by atoms with Gasteiger partial charge in [0.05, 0.1) is 13.4 Å². The van der Waals surface area contributed by atoms with Gasteiger partial charge in [-0.15, -0.1) is 0 Å². The molecule has 0 radical (unpaired) electrons. The number of ether oxygens (including phenoxy) is 1. The lowest BCUT2D eigenvalue weighted by atomic mass is 9.97. The predicted octanol–water partition coefficient (Wildman–Crippen LogP) is 3.41. The SMILES string of the molecule is COc1cccc(C(C)CC(=O)NC(C)CC(O)c2ccco2)c1. The first-order valence-corrected chi connectivity index (χ1v) is 8.14. The number of furan rings is 1. The number of nitrogens with one attached hydrogen (secondary N) is 1. The van der Waals surface area contributed by atoms with Gasteiger partial charge in [0.25, 0.3) is 0 Å². The summed E-state index contributed by atoms with van der Waals surface area (Å²) >= 11 is 0. The molecule has 3 unspecified atom stereocenters. The smallest absolute Gasteiger partial charge is 0.220 e. The van der Waals surface area contributed by atoms with Crippen molar-refractivity contribution in [3.63, 3.8) is 0 Å². The molecule has 1 amide bonds. The topological polar surface area (TPSA) is 71.7 Å². The average molecular weight is 331 g/mol. The van der Waals surface area contributed by atoms with E-state index in [1.54, 1.807) is 19.2 Å². The number of carbonyl (C=O) groups excluding carboxylic acids is 1. The molecular formula is C19H25NO4. The van der Waals surface area contributed by atoms with E-state index in [-0.39, 0.29) is 17.9 Å². The van der Waals surface area contributed by atoms with Gasteiger partial charge in [-0.2, -0.15) is 0 Å². The lowest BCUT2D eigenvalue weighted by Crippen LogP contribution is -2.34. The standard InChI is InChI=1S/C19H25NO4/c1-13(15-6-4-7-16(12-15)23-3)10-19(22)20-14(2)11-17(21)18-8-5-9-24-18/h4-9,12-14,17,21H,10-11H2,1-3H3,(H,20,22). The molecule has 2 N–H and O–H groups in total. The quantitative estimate of drug-likeness (QED) is 0.777. The molecule has 5 heteroatoms. The molecule has 3 atom stereocenters. The van der Waals surface area contributed by atoms with Crippen LogP contribution in [0.1, 0.15) is 50.0 Å². The van der Waals surface area contributed by atoms with Crippen LogP contribution >= 0.6 is 0 Å². The lowest BCUT2D eigenvalue weighted by Gasteiger charge is -2.18. The Labute approximate surface area is 142 Å². The Bertz CT molecular complexity index is 639. The van der Waals surface area contributed by atoms with Gasteiger partial charge in [-0.1, -0.05) is 19.1 Å². The molecule has 1 heterocycles. The van der Waals surface area contributed by atoms with Crippen LogP contribution in [-0.2, 0) is 4.79 Å². The maximum Gasteiger partial charge on any atom is 0.220 e. The van der Waals surface area contributed by atoms with Crippen LogP contribution in [0.15, 0.2) is 47.1 Å². The Kier molecular flexibility index (Phi) is 6.44. The number of methoxy groups -OCH3 is 1. The first-order valence-electron chi connectivity index (χ1n) is 8.14. The molecule has 0 bridgehead atoms. The first kappa shape index (κ1) is 18.1. The number of hydrogen-bond donors (Lipinski definition) is 2. The van der Waals surface area contributed by atoms with Crippen molar-refractivity contribution in [2.24, 2.45) is 0 Å². The summed E-state index contributed by atoms with van der Waals surface area (Å²) in [5, 5.41) is 13.0. The minimum Gasteiger partial charge on any atom is -0.497 e. The molecule has 0 aliphatic carbocycles. The second kappa shape index (κ2) is 8.55. The molecule has 130 valence electrons. The Balaban J connectivity index is 1.83. The summed E-state index contributed by atoms with van der Waals surface area (Å²) in [5.74, 6) is 1.35. The molecule has 24 heavy (non-hydrogen) atoms. The van der Waals surface area contributed by atoms with Crippen LogP contribution in [0, 0.1) is 0 Å². The molecule has 1 aromatic heterocycles. The van der Waals surface area contributed by atoms with Crippen LogP contribution in [0.3, 0.4) is 0 Å². The molecule has 0 saturated heterocycles. The highest BCUT2D eigenvalue weighted by molar-refractivity contribution is 5.77. The zero-order valence-corrected chi connectivity index (χ0v) is 14.4. The van der Waals surface area contributed by atoms with Gasteiger partial charge in [-0.05, 0) is 42.7 Å². The van der Waals surface area contributed by atoms with Gasteiger partial charge in [0.2, 0.25) is 5.91 Å². The third-order valence-corrected chi connectivity index (χ3v) is 4.01. The van der Waals surface area contributed by atoms with E-state index < -0.39 is 6.10 Å². The van der Waals surface area contributed by atoms with Crippen LogP contribution < -0.4 is 10.1 Å². The fourth-order valence-corrected chi connectivity index (χ4v) is 2.67. The number of aliphatic hydroxyl groups is 1. The summed E-state index contributed by atoms with van der Waals surface area (Å²) < 4.78 is 10.4. The van der Waals surface area contributed by atoms with E-state index in [0.29, 0.717) is 18.6 Å². The number of benzene rings is 1. The van der Waals surface area contributed by atoms with Crippen molar-refractivity contribution in [3.8, 4) is 5.75 Å². The molecule has 0 aliphatic heterocycles. The fraction of sp³-hybridized carbons (Fsp3) is 0.421. The number of rotatable bonds is 8. The highest BCUT2D eigenvalue weighted by Crippen LogP contribution is 2.23. The number of carbonyl (C=O) groups is 1. The summed E-state index contributed by atoms with van der Waals surface area (Å²) in [4.78, 5) is 12.2. The van der Waals surface area contributed by atoms with Crippen LogP contribution in [0.25, 0.3) is 0 Å². The summed E-state index contributed by atoms with van der Waals surface area (Å²) in [6.45, 7) is 3.89. The molecule has 2 aromatic rings. The fourth-order valence-electron chi connectivity index (χ4n) is 2.67. The Hall–Kier alpha value is -2.27. The lowest BCUT2D eigenvalue weighted by molar-refractivity contribution is -0.122. The van der Waals surface area contributed by atoms with E-state index in [1.165, 1.54) is 6.26 Å². The van der Waals surface area contributed by atoms with Crippen molar-refractivity contribution in [2.75, 3.05) is 7.11 Å². The highest BCUT2D eigenvalue weighted by Gasteiger charge is 2.18. The summed E-state index contributed by atoms with van der Waals surface area (Å²) in [6.07, 6.45) is 1.60. The largest absolute Gasteiger partial charge is 0.497 e. The molecule has 2 rings (SSSR count). The van der Waals surface area contributed by atoms with E-state index in [1.807, 2.05) is 38.1 Å². The number of amides is 1. The summed E-state index contributed by atoms with van der Waals surface area (Å²) in [6, 6.07) is 11.1. The van der Waals surface area contributed by atoms with Gasteiger partial charge >= 0.3 is 0 Å². The van der Waals surface area contributed by atoms with Gasteiger partial charge in [0.15, 0.2) is 0 Å². The zero-order chi connectivity index (χ0) is 17.5. The van der Waals surface area contributed by atoms with Crippen molar-refractivity contribution < 1.29 is 19.1 Å². The number of aliphatic hydroxyl groups excluding tert-OH is 1. The van der Waals surface area contributed by atoms with Gasteiger partial charge in [0.1, 0.15) is 17.6 Å². The van der Waals surface area contributed by atoms with Crippen LogP contribution in [0.4, 0.5) is 0 Å². The second-order valence-corrected chi connectivity index (χ2v) is 6.12. The molecule has 0 spiro atoms. The minimum atomic E-state index is -0.717. The Morgan fingerprint density at radius 1 is 1.29 bits per heavy atom. The van der Waals surface area contributed by atoms with Crippen molar-refractivity contribution in [2.45, 2.75) is 44.8 Å². The van der Waals surface area contributed by atoms with Gasteiger partial charge in [-0.25, -0.2) is 0 Å². The molecule has 0 fully saturated rings. The average Bonchev–Trinajstić information content (AvgIpc) is 3.09. The first-order chi connectivity index (χ1) is 11.5. The second-order valence-electron chi connectivity index (χ2n) is 6.12. The van der Waals surface area contributed by atoms with Gasteiger partial charge < -0.3 is 19.6 Å². The van der Waals surface area contributed by atoms with Crippen molar-refractivity contribution in [3.05, 3.63) is 54.0 Å². The van der Waals surface area contributed by atoms with E-state index in [0.717, 1.165) is 11.3 Å². The van der Waals surface area contributed by atoms with Crippen LogP contribution in [0.2, 0.25) is 0 Å². The van der Waals surface area contributed by atoms with Crippen LogP contribution in [-0.4, -0.2) is 24.2 Å². The Morgan fingerprint density at radius 2 is 2.08 bits per heavy atom. The molecular weight excluding hydrogens is 306 g/mol. The number of hydrogen-bond acceptors (Lipinski definition) is 4. The Morgan fingerprint density at radius 3 is 2.75 bits per heavy atom. The maximum absolute atomic E-state index is 12.2. The van der Waals surface area contributed by atoms with Crippen molar-refractivity contribution in [1.82, 2.24) is 5.32 Å². The molecule has 1 aromatic carbocycles. The van der Waals surface area contributed by atoms with Crippen molar-refractivity contribution >= 4 is 5.91 Å².